The largest absolute Gasteiger partial charge is 0.472 e. The fourth-order valence-corrected chi connectivity index (χ4v) is 2.54. The lowest BCUT2D eigenvalue weighted by Crippen LogP contribution is -2.26. The molecule has 0 saturated heterocycles. The molecule has 0 fully saturated rings. The van der Waals surface area contributed by atoms with Gasteiger partial charge in [-0.3, -0.25) is 0 Å². The van der Waals surface area contributed by atoms with Crippen LogP contribution in [0.5, 0.6) is 0 Å². The second kappa shape index (κ2) is 5.50. The fraction of sp³-hybridized carbons (Fsp3) is 0.167. The van der Waals surface area contributed by atoms with Gasteiger partial charge in [-0.25, -0.2) is 21.9 Å². The minimum atomic E-state index is -3.84. The van der Waals surface area contributed by atoms with E-state index < -0.39 is 21.7 Å². The van der Waals surface area contributed by atoms with E-state index in [2.05, 4.69) is 4.72 Å². The summed E-state index contributed by atoms with van der Waals surface area (Å²) in [6.45, 7) is 0.140. The van der Waals surface area contributed by atoms with Crippen LogP contribution in [0.25, 0.3) is 0 Å². The summed E-state index contributed by atoms with van der Waals surface area (Å²) in [7, 11) is -3.84. The fourth-order valence-electron chi connectivity index (χ4n) is 1.49. The molecule has 1 aromatic carbocycles. The summed E-state index contributed by atoms with van der Waals surface area (Å²) in [6, 6.07) is 4.15. The maximum absolute atomic E-state index is 13.0. The Hall–Kier alpha value is -1.73. The van der Waals surface area contributed by atoms with Gasteiger partial charge in [-0.05, 0) is 36.2 Å². The Morgan fingerprint density at radius 2 is 1.95 bits per heavy atom. The quantitative estimate of drug-likeness (QED) is 0.916. The average molecular weight is 287 g/mol. The molecule has 4 nitrogen and oxygen atoms in total. The number of hydrogen-bond donors (Lipinski definition) is 1. The molecule has 0 amide bonds. The molecule has 2 aromatic rings. The Morgan fingerprint density at radius 1 is 1.16 bits per heavy atom. The third-order valence-electron chi connectivity index (χ3n) is 2.49. The van der Waals surface area contributed by atoms with Crippen molar-refractivity contribution < 1.29 is 21.6 Å². The Bertz CT molecular complexity index is 654. The number of nitrogens with one attached hydrogen (secondary N) is 1. The maximum atomic E-state index is 13.0. The molecule has 0 radical (unpaired) electrons. The van der Waals surface area contributed by atoms with E-state index in [-0.39, 0.29) is 11.4 Å². The van der Waals surface area contributed by atoms with Gasteiger partial charge in [0, 0.05) is 6.54 Å². The summed E-state index contributed by atoms with van der Waals surface area (Å²) in [5.41, 5.74) is 0.841. The van der Waals surface area contributed by atoms with Gasteiger partial charge in [0.15, 0.2) is 11.6 Å². The smallest absolute Gasteiger partial charge is 0.240 e. The summed E-state index contributed by atoms with van der Waals surface area (Å²) in [4.78, 5) is -0.307. The zero-order valence-corrected chi connectivity index (χ0v) is 10.6. The second-order valence-electron chi connectivity index (χ2n) is 3.86. The lowest BCUT2D eigenvalue weighted by molar-refractivity contribution is 0.504. The average Bonchev–Trinajstić information content (AvgIpc) is 2.85. The minimum Gasteiger partial charge on any atom is -0.472 e. The molecule has 0 unspecified atom stereocenters. The van der Waals surface area contributed by atoms with Crippen LogP contribution < -0.4 is 4.72 Å². The van der Waals surface area contributed by atoms with E-state index >= 15 is 0 Å². The Kier molecular flexibility index (Phi) is 3.96. The molecule has 1 N–H and O–H groups in total. The monoisotopic (exact) mass is 287 g/mol. The predicted molar refractivity (Wildman–Crippen MR) is 64.0 cm³/mol. The molecule has 2 rings (SSSR count). The molecule has 19 heavy (non-hydrogen) atoms. The van der Waals surface area contributed by atoms with Crippen molar-refractivity contribution in [3.63, 3.8) is 0 Å². The molecule has 0 saturated carbocycles. The Balaban J connectivity index is 2.03. The lowest BCUT2D eigenvalue weighted by Gasteiger charge is -2.06. The number of rotatable bonds is 5. The molecular weight excluding hydrogens is 276 g/mol. The van der Waals surface area contributed by atoms with Crippen molar-refractivity contribution in [1.82, 2.24) is 4.72 Å². The van der Waals surface area contributed by atoms with Crippen LogP contribution in [0.3, 0.4) is 0 Å². The van der Waals surface area contributed by atoms with E-state index in [0.717, 1.165) is 17.7 Å². The van der Waals surface area contributed by atoms with Gasteiger partial charge < -0.3 is 4.42 Å². The highest BCUT2D eigenvalue weighted by atomic mass is 32.2. The highest BCUT2D eigenvalue weighted by Crippen LogP contribution is 2.13. The van der Waals surface area contributed by atoms with Crippen LogP contribution in [0.15, 0.2) is 46.1 Å². The normalized spacial score (nSPS) is 11.7. The van der Waals surface area contributed by atoms with Gasteiger partial charge in [-0.1, -0.05) is 0 Å². The zero-order chi connectivity index (χ0) is 13.9. The zero-order valence-electron chi connectivity index (χ0n) is 9.77. The molecule has 0 aliphatic rings. The number of benzene rings is 1. The van der Waals surface area contributed by atoms with E-state index in [1.165, 1.54) is 12.5 Å². The van der Waals surface area contributed by atoms with Crippen molar-refractivity contribution in [1.29, 1.82) is 0 Å². The van der Waals surface area contributed by atoms with E-state index in [1.807, 2.05) is 0 Å². The molecule has 1 heterocycles. The van der Waals surface area contributed by atoms with E-state index in [1.54, 1.807) is 6.07 Å². The Morgan fingerprint density at radius 3 is 2.58 bits per heavy atom. The van der Waals surface area contributed by atoms with E-state index in [0.29, 0.717) is 12.5 Å². The van der Waals surface area contributed by atoms with Gasteiger partial charge in [0.05, 0.1) is 17.4 Å². The Labute approximate surface area is 109 Å². The van der Waals surface area contributed by atoms with Crippen molar-refractivity contribution in [2.45, 2.75) is 11.3 Å². The number of furan rings is 1. The standard InChI is InChI=1S/C12H11F2NO3S/c13-11-2-1-10(7-12(11)14)19(16,17)15-5-3-9-4-6-18-8-9/h1-2,4,6-8,15H,3,5H2. The summed E-state index contributed by atoms with van der Waals surface area (Å²) >= 11 is 0. The van der Waals surface area contributed by atoms with Crippen molar-refractivity contribution >= 4 is 10.0 Å². The molecule has 7 heteroatoms. The number of sulfonamides is 1. The highest BCUT2D eigenvalue weighted by Gasteiger charge is 2.15. The van der Waals surface area contributed by atoms with Crippen LogP contribution in [0, 0.1) is 11.6 Å². The van der Waals surface area contributed by atoms with Gasteiger partial charge in [0.2, 0.25) is 10.0 Å². The van der Waals surface area contributed by atoms with Gasteiger partial charge in [-0.2, -0.15) is 0 Å². The van der Waals surface area contributed by atoms with Gasteiger partial charge in [0.1, 0.15) is 0 Å². The molecule has 102 valence electrons. The summed E-state index contributed by atoms with van der Waals surface area (Å²) < 4.78 is 56.4. The molecule has 0 atom stereocenters. The predicted octanol–water partition coefficient (Wildman–Crippen LogP) is 2.08. The van der Waals surface area contributed by atoms with Crippen LogP contribution in [-0.4, -0.2) is 15.0 Å². The molecular formula is C12H11F2NO3S. The highest BCUT2D eigenvalue weighted by molar-refractivity contribution is 7.89. The minimum absolute atomic E-state index is 0.140. The third kappa shape index (κ3) is 3.39. The molecule has 1 aromatic heterocycles. The van der Waals surface area contributed by atoms with Crippen LogP contribution >= 0.6 is 0 Å². The molecule has 0 spiro atoms. The van der Waals surface area contributed by atoms with Gasteiger partial charge >= 0.3 is 0 Å². The van der Waals surface area contributed by atoms with Crippen molar-refractivity contribution in [2.24, 2.45) is 0 Å². The first kappa shape index (κ1) is 13.7. The third-order valence-corrected chi connectivity index (χ3v) is 3.95. The van der Waals surface area contributed by atoms with Crippen LogP contribution in [0.1, 0.15) is 5.56 Å². The van der Waals surface area contributed by atoms with Gasteiger partial charge in [-0.15, -0.1) is 0 Å². The first-order chi connectivity index (χ1) is 8.99. The van der Waals surface area contributed by atoms with Gasteiger partial charge in [0.25, 0.3) is 0 Å². The maximum Gasteiger partial charge on any atom is 0.240 e. The van der Waals surface area contributed by atoms with Crippen LogP contribution in [-0.2, 0) is 16.4 Å². The molecule has 0 aliphatic heterocycles. The topological polar surface area (TPSA) is 59.3 Å². The van der Waals surface area contributed by atoms with Crippen LogP contribution in [0.2, 0.25) is 0 Å². The molecule has 0 bridgehead atoms. The number of hydrogen-bond acceptors (Lipinski definition) is 3. The van der Waals surface area contributed by atoms with Crippen LogP contribution in [0.4, 0.5) is 8.78 Å². The summed E-state index contributed by atoms with van der Waals surface area (Å²) in [5.74, 6) is -2.28. The molecule has 0 aliphatic carbocycles. The van der Waals surface area contributed by atoms with Crippen molar-refractivity contribution in [3.8, 4) is 0 Å². The van der Waals surface area contributed by atoms with E-state index in [4.69, 9.17) is 4.42 Å². The first-order valence-electron chi connectivity index (χ1n) is 5.45. The number of halogens is 2. The van der Waals surface area contributed by atoms with Crippen molar-refractivity contribution in [3.05, 3.63) is 54.0 Å². The van der Waals surface area contributed by atoms with E-state index in [9.17, 15) is 17.2 Å². The summed E-state index contributed by atoms with van der Waals surface area (Å²) in [6.07, 6.45) is 3.43. The first-order valence-corrected chi connectivity index (χ1v) is 6.93. The van der Waals surface area contributed by atoms with Crippen molar-refractivity contribution in [2.75, 3.05) is 6.54 Å². The SMILES string of the molecule is O=S(=O)(NCCc1ccoc1)c1ccc(F)c(F)c1. The lowest BCUT2D eigenvalue weighted by atomic mass is 10.2. The second-order valence-corrected chi connectivity index (χ2v) is 5.62. The summed E-state index contributed by atoms with van der Waals surface area (Å²) in [5, 5.41) is 0.